The number of halogens is 1. The van der Waals surface area contributed by atoms with Crippen LogP contribution in [0.1, 0.15) is 18.4 Å². The van der Waals surface area contributed by atoms with Crippen LogP contribution in [0, 0.1) is 16.4 Å². The second-order valence-corrected chi connectivity index (χ2v) is 7.25. The van der Waals surface area contributed by atoms with Crippen LogP contribution in [0.3, 0.4) is 0 Å². The lowest BCUT2D eigenvalue weighted by Gasteiger charge is -2.10. The van der Waals surface area contributed by atoms with Gasteiger partial charge in [0.1, 0.15) is 5.75 Å². The molecule has 1 aliphatic carbocycles. The van der Waals surface area contributed by atoms with Crippen LogP contribution in [-0.2, 0) is 9.59 Å². The maximum absolute atomic E-state index is 12.0. The first-order chi connectivity index (χ1) is 12.0. The van der Waals surface area contributed by atoms with E-state index in [4.69, 9.17) is 4.74 Å². The lowest BCUT2D eigenvalue weighted by Crippen LogP contribution is -2.20. The average Bonchev–Trinajstić information content (AvgIpc) is 3.42. The minimum atomic E-state index is -0.230. The van der Waals surface area contributed by atoms with E-state index in [-0.39, 0.29) is 24.3 Å². The molecule has 0 radical (unpaired) electrons. The number of anilines is 2. The van der Waals surface area contributed by atoms with E-state index < -0.39 is 0 Å². The monoisotopic (exact) mass is 450 g/mol. The number of amides is 2. The molecular weight excluding hydrogens is 431 g/mol. The van der Waals surface area contributed by atoms with Crippen molar-refractivity contribution in [2.45, 2.75) is 19.8 Å². The van der Waals surface area contributed by atoms with Crippen molar-refractivity contribution in [1.82, 2.24) is 0 Å². The Morgan fingerprint density at radius 1 is 1.12 bits per heavy atom. The molecule has 0 unspecified atom stereocenters. The Morgan fingerprint density at radius 3 is 2.60 bits per heavy atom. The highest BCUT2D eigenvalue weighted by Crippen LogP contribution is 2.30. The van der Waals surface area contributed by atoms with E-state index in [1.165, 1.54) is 5.56 Å². The molecule has 2 N–H and O–H groups in total. The largest absolute Gasteiger partial charge is 0.484 e. The van der Waals surface area contributed by atoms with Gasteiger partial charge in [-0.05, 0) is 72.2 Å². The van der Waals surface area contributed by atoms with Crippen LogP contribution in [0.2, 0.25) is 0 Å². The van der Waals surface area contributed by atoms with E-state index in [2.05, 4.69) is 33.2 Å². The quantitative estimate of drug-likeness (QED) is 0.655. The summed E-state index contributed by atoms with van der Waals surface area (Å²) in [6.07, 6.45) is 1.92. The SMILES string of the molecule is Cc1ccc(NC(=O)COc2cccc(NC(=O)C3CC3)c2)cc1I. The molecule has 0 heterocycles. The average molecular weight is 450 g/mol. The zero-order valence-electron chi connectivity index (χ0n) is 13.8. The van der Waals surface area contributed by atoms with Crippen LogP contribution < -0.4 is 15.4 Å². The molecule has 0 aromatic heterocycles. The van der Waals surface area contributed by atoms with Gasteiger partial charge < -0.3 is 15.4 Å². The highest BCUT2D eigenvalue weighted by molar-refractivity contribution is 14.1. The van der Waals surface area contributed by atoms with Crippen molar-refractivity contribution in [3.8, 4) is 5.75 Å². The molecule has 5 nitrogen and oxygen atoms in total. The molecule has 0 aliphatic heterocycles. The first-order valence-corrected chi connectivity index (χ1v) is 9.19. The molecule has 1 aliphatic rings. The van der Waals surface area contributed by atoms with Crippen molar-refractivity contribution in [3.05, 3.63) is 51.6 Å². The summed E-state index contributed by atoms with van der Waals surface area (Å²) < 4.78 is 6.62. The molecule has 6 heteroatoms. The Hall–Kier alpha value is -2.09. The fourth-order valence-electron chi connectivity index (χ4n) is 2.27. The molecule has 0 atom stereocenters. The lowest BCUT2D eigenvalue weighted by atomic mass is 10.2. The maximum Gasteiger partial charge on any atom is 0.262 e. The molecular formula is C19H19IN2O3. The van der Waals surface area contributed by atoms with Crippen molar-refractivity contribution in [2.75, 3.05) is 17.2 Å². The van der Waals surface area contributed by atoms with E-state index in [9.17, 15) is 9.59 Å². The van der Waals surface area contributed by atoms with Gasteiger partial charge in [-0.15, -0.1) is 0 Å². The van der Waals surface area contributed by atoms with Crippen LogP contribution in [-0.4, -0.2) is 18.4 Å². The molecule has 1 saturated carbocycles. The van der Waals surface area contributed by atoms with Gasteiger partial charge in [-0.2, -0.15) is 0 Å². The van der Waals surface area contributed by atoms with Crippen molar-refractivity contribution in [1.29, 1.82) is 0 Å². The number of hydrogen-bond acceptors (Lipinski definition) is 3. The normalized spacial score (nSPS) is 13.2. The van der Waals surface area contributed by atoms with Crippen LogP contribution in [0.4, 0.5) is 11.4 Å². The molecule has 1 fully saturated rings. The molecule has 3 rings (SSSR count). The number of rotatable bonds is 6. The second kappa shape index (κ2) is 7.86. The zero-order chi connectivity index (χ0) is 17.8. The Bertz CT molecular complexity index is 803. The Balaban J connectivity index is 1.52. The number of benzene rings is 2. The van der Waals surface area contributed by atoms with Gasteiger partial charge in [0.05, 0.1) is 0 Å². The smallest absolute Gasteiger partial charge is 0.262 e. The molecule has 0 saturated heterocycles. The summed E-state index contributed by atoms with van der Waals surface area (Å²) in [5.74, 6) is 0.505. The summed E-state index contributed by atoms with van der Waals surface area (Å²) in [5, 5.41) is 5.67. The Labute approximate surface area is 160 Å². The lowest BCUT2D eigenvalue weighted by molar-refractivity contribution is -0.118. The maximum atomic E-state index is 12.0. The van der Waals surface area contributed by atoms with Crippen LogP contribution in [0.5, 0.6) is 5.75 Å². The van der Waals surface area contributed by atoms with Crippen molar-refractivity contribution in [3.63, 3.8) is 0 Å². The molecule has 0 bridgehead atoms. The fraction of sp³-hybridized carbons (Fsp3) is 0.263. The molecule has 130 valence electrons. The topological polar surface area (TPSA) is 67.4 Å². The summed E-state index contributed by atoms with van der Waals surface area (Å²) in [6.45, 7) is 1.93. The van der Waals surface area contributed by atoms with Gasteiger partial charge in [-0.1, -0.05) is 12.1 Å². The predicted molar refractivity (Wildman–Crippen MR) is 106 cm³/mol. The Kier molecular flexibility index (Phi) is 5.57. The number of carbonyl (C=O) groups is 2. The summed E-state index contributed by atoms with van der Waals surface area (Å²) in [4.78, 5) is 23.8. The zero-order valence-corrected chi connectivity index (χ0v) is 16.0. The molecule has 2 aromatic carbocycles. The molecule has 2 amide bonds. The summed E-state index contributed by atoms with van der Waals surface area (Å²) in [5.41, 5.74) is 2.59. The highest BCUT2D eigenvalue weighted by atomic mass is 127. The molecule has 25 heavy (non-hydrogen) atoms. The number of ether oxygens (including phenoxy) is 1. The first-order valence-electron chi connectivity index (χ1n) is 8.11. The van der Waals surface area contributed by atoms with E-state index in [1.54, 1.807) is 24.3 Å². The van der Waals surface area contributed by atoms with Gasteiger partial charge in [0, 0.05) is 26.9 Å². The van der Waals surface area contributed by atoms with Crippen LogP contribution >= 0.6 is 22.6 Å². The van der Waals surface area contributed by atoms with Gasteiger partial charge in [0.15, 0.2) is 6.61 Å². The summed E-state index contributed by atoms with van der Waals surface area (Å²) in [7, 11) is 0. The van der Waals surface area contributed by atoms with Crippen LogP contribution in [0.15, 0.2) is 42.5 Å². The second-order valence-electron chi connectivity index (χ2n) is 6.09. The third kappa shape index (κ3) is 5.19. The van der Waals surface area contributed by atoms with E-state index in [0.29, 0.717) is 11.4 Å². The standard InChI is InChI=1S/C19H19IN2O3/c1-12-5-8-15(10-17(12)20)21-18(23)11-25-16-4-2-3-14(9-16)22-19(24)13-6-7-13/h2-5,8-10,13H,6-7,11H2,1H3,(H,21,23)(H,22,24). The molecule has 0 spiro atoms. The number of carbonyl (C=O) groups excluding carboxylic acids is 2. The number of aryl methyl sites for hydroxylation is 1. The highest BCUT2D eigenvalue weighted by Gasteiger charge is 2.29. The van der Waals surface area contributed by atoms with Gasteiger partial charge in [0.25, 0.3) is 5.91 Å². The predicted octanol–water partition coefficient (Wildman–Crippen LogP) is 3.97. The Morgan fingerprint density at radius 2 is 1.88 bits per heavy atom. The molecule has 2 aromatic rings. The van der Waals surface area contributed by atoms with E-state index >= 15 is 0 Å². The minimum Gasteiger partial charge on any atom is -0.484 e. The van der Waals surface area contributed by atoms with Crippen molar-refractivity contribution >= 4 is 45.8 Å². The van der Waals surface area contributed by atoms with Gasteiger partial charge in [-0.3, -0.25) is 9.59 Å². The summed E-state index contributed by atoms with van der Waals surface area (Å²) >= 11 is 2.23. The van der Waals surface area contributed by atoms with Crippen molar-refractivity contribution in [2.24, 2.45) is 5.92 Å². The van der Waals surface area contributed by atoms with Crippen LogP contribution in [0.25, 0.3) is 0 Å². The third-order valence-corrected chi connectivity index (χ3v) is 5.04. The minimum absolute atomic E-state index is 0.0452. The number of nitrogens with one attached hydrogen (secondary N) is 2. The van der Waals surface area contributed by atoms with Gasteiger partial charge >= 0.3 is 0 Å². The fourth-order valence-corrected chi connectivity index (χ4v) is 2.79. The van der Waals surface area contributed by atoms with Gasteiger partial charge in [-0.25, -0.2) is 0 Å². The first kappa shape index (κ1) is 17.7. The number of hydrogen-bond donors (Lipinski definition) is 2. The third-order valence-electron chi connectivity index (χ3n) is 3.88. The summed E-state index contributed by atoms with van der Waals surface area (Å²) in [6, 6.07) is 12.8. The van der Waals surface area contributed by atoms with E-state index in [1.807, 2.05) is 25.1 Å². The van der Waals surface area contributed by atoms with E-state index in [0.717, 1.165) is 22.1 Å². The van der Waals surface area contributed by atoms with Gasteiger partial charge in [0.2, 0.25) is 5.91 Å². The van der Waals surface area contributed by atoms with Crippen molar-refractivity contribution < 1.29 is 14.3 Å².